The average Bonchev–Trinajstić information content (AvgIpc) is 3.72. The molecule has 2 aromatic heterocycles. The van der Waals surface area contributed by atoms with Crippen LogP contribution < -0.4 is 10.6 Å². The summed E-state index contributed by atoms with van der Waals surface area (Å²) in [6, 6.07) is 17.9. The number of aromatic nitrogens is 4. The minimum Gasteiger partial charge on any atom is -0.376 e. The fourth-order valence-corrected chi connectivity index (χ4v) is 6.06. The zero-order valence-corrected chi connectivity index (χ0v) is 24.6. The molecule has 3 aromatic carbocycles. The van der Waals surface area contributed by atoms with Crippen molar-refractivity contribution in [3.63, 3.8) is 0 Å². The van der Waals surface area contributed by atoms with Crippen molar-refractivity contribution in [2.75, 3.05) is 22.6 Å². The molecule has 1 aliphatic rings. The summed E-state index contributed by atoms with van der Waals surface area (Å²) in [6.07, 6.45) is 6.20. The van der Waals surface area contributed by atoms with Gasteiger partial charge in [0.2, 0.25) is 0 Å². The summed E-state index contributed by atoms with van der Waals surface area (Å²) in [5.41, 5.74) is 2.72. The Kier molecular flexibility index (Phi) is 7.39. The van der Waals surface area contributed by atoms with E-state index in [1.165, 1.54) is 30.5 Å². The van der Waals surface area contributed by atoms with Crippen LogP contribution >= 0.6 is 11.6 Å². The van der Waals surface area contributed by atoms with Crippen LogP contribution in [0.5, 0.6) is 0 Å². The molecule has 5 aromatic rings. The van der Waals surface area contributed by atoms with Crippen molar-refractivity contribution in [3.05, 3.63) is 112 Å². The first-order chi connectivity index (χ1) is 21.0. The lowest BCUT2D eigenvalue weighted by molar-refractivity contribution is 0.597. The standard InChI is InChI=1S/C31H27ClFN7O2S/c1-43(41,42)18-28(19-5-3-2-4-6-19)37-29-21(15-34)16-35-31-25(29)13-23(14-26(31)32)36-30(20-7-9-22(33)10-8-20)27-17-40(39-38-27)24-11-12-24/h2-10,13-14,16-17,24,28,30,36H,11-12,18H2,1H3,(H,35,37)/t28?,30-/m1/s1/i30D. The monoisotopic (exact) mass is 616 g/mol. The van der Waals surface area contributed by atoms with Gasteiger partial charge in [-0.2, -0.15) is 5.26 Å². The first kappa shape index (κ1) is 27.3. The summed E-state index contributed by atoms with van der Waals surface area (Å²) in [7, 11) is -3.43. The molecule has 0 bridgehead atoms. The van der Waals surface area contributed by atoms with Gasteiger partial charge in [0.05, 0.1) is 53.2 Å². The molecule has 218 valence electrons. The topological polar surface area (TPSA) is 126 Å². The molecule has 0 saturated heterocycles. The SMILES string of the molecule is [2H][C@@](Nc1cc(Cl)c2ncc(C#N)c(NC(CS(C)(=O)=O)c3ccccc3)c2c1)(c1ccc(F)cc1)c1cn(C2CC2)nn1. The highest BCUT2D eigenvalue weighted by Crippen LogP contribution is 2.38. The number of hydrogen-bond acceptors (Lipinski definition) is 8. The van der Waals surface area contributed by atoms with Crippen LogP contribution in [0.25, 0.3) is 10.9 Å². The van der Waals surface area contributed by atoms with Gasteiger partial charge in [0.25, 0.3) is 0 Å². The third-order valence-corrected chi connectivity index (χ3v) is 8.35. The molecule has 2 heterocycles. The summed E-state index contributed by atoms with van der Waals surface area (Å²) in [6.45, 7) is 0. The molecule has 0 radical (unpaired) electrons. The van der Waals surface area contributed by atoms with E-state index in [1.54, 1.807) is 23.0 Å². The Balaban J connectivity index is 1.47. The summed E-state index contributed by atoms with van der Waals surface area (Å²) < 4.78 is 50.0. The molecule has 0 amide bonds. The summed E-state index contributed by atoms with van der Waals surface area (Å²) >= 11 is 6.73. The van der Waals surface area contributed by atoms with Crippen molar-refractivity contribution in [1.82, 2.24) is 20.0 Å². The van der Waals surface area contributed by atoms with Gasteiger partial charge < -0.3 is 10.6 Å². The highest BCUT2D eigenvalue weighted by Gasteiger charge is 2.27. The van der Waals surface area contributed by atoms with E-state index in [0.29, 0.717) is 39.1 Å². The Morgan fingerprint density at radius 3 is 2.56 bits per heavy atom. The van der Waals surface area contributed by atoms with Gasteiger partial charge in [0.1, 0.15) is 27.4 Å². The van der Waals surface area contributed by atoms with Gasteiger partial charge in [0.15, 0.2) is 0 Å². The molecule has 1 unspecified atom stereocenters. The average molecular weight is 617 g/mol. The van der Waals surface area contributed by atoms with Gasteiger partial charge in [-0.25, -0.2) is 17.5 Å². The maximum Gasteiger partial charge on any atom is 0.149 e. The van der Waals surface area contributed by atoms with Gasteiger partial charge in [0, 0.05) is 23.5 Å². The fourth-order valence-electron chi connectivity index (χ4n) is 4.91. The number of rotatable bonds is 10. The Morgan fingerprint density at radius 1 is 1.14 bits per heavy atom. The normalized spacial score (nSPS) is 15.7. The quantitative estimate of drug-likeness (QED) is 0.189. The molecule has 0 spiro atoms. The van der Waals surface area contributed by atoms with Crippen molar-refractivity contribution in [3.8, 4) is 6.07 Å². The van der Waals surface area contributed by atoms with E-state index in [9.17, 15) is 19.4 Å². The molecule has 9 nitrogen and oxygen atoms in total. The van der Waals surface area contributed by atoms with Gasteiger partial charge >= 0.3 is 0 Å². The van der Waals surface area contributed by atoms with Crippen LogP contribution in [-0.2, 0) is 9.84 Å². The number of fused-ring (bicyclic) bond motifs is 1. The number of halogens is 2. The number of nitrogens with zero attached hydrogens (tertiary/aromatic N) is 5. The van der Waals surface area contributed by atoms with Gasteiger partial charge in [-0.05, 0) is 48.2 Å². The van der Waals surface area contributed by atoms with Gasteiger partial charge in [-0.3, -0.25) is 4.98 Å². The third-order valence-electron chi connectivity index (χ3n) is 7.12. The number of sulfone groups is 1. The molecular weight excluding hydrogens is 589 g/mol. The van der Waals surface area contributed by atoms with Gasteiger partial charge in [-0.15, -0.1) is 5.10 Å². The minimum atomic E-state index is -3.43. The van der Waals surface area contributed by atoms with Crippen LogP contribution in [0.1, 0.15) is 54.7 Å². The minimum absolute atomic E-state index is 0.184. The largest absolute Gasteiger partial charge is 0.376 e. The Hall–Kier alpha value is -4.53. The van der Waals surface area contributed by atoms with Crippen LogP contribution in [0, 0.1) is 17.1 Å². The van der Waals surface area contributed by atoms with E-state index in [4.69, 9.17) is 11.6 Å². The molecular formula is C31H27ClFN7O2S. The molecule has 1 aliphatic carbocycles. The number of pyridine rings is 1. The highest BCUT2D eigenvalue weighted by atomic mass is 35.5. The molecule has 6 rings (SSSR count). The second kappa shape index (κ2) is 11.6. The number of hydrogen-bond donors (Lipinski definition) is 2. The lowest BCUT2D eigenvalue weighted by atomic mass is 10.0. The smallest absolute Gasteiger partial charge is 0.149 e. The summed E-state index contributed by atoms with van der Waals surface area (Å²) in [4.78, 5) is 4.41. The van der Waals surface area contributed by atoms with Crippen molar-refractivity contribution < 1.29 is 14.2 Å². The zero-order chi connectivity index (χ0) is 31.1. The van der Waals surface area contributed by atoms with Gasteiger partial charge in [-0.1, -0.05) is 59.3 Å². The summed E-state index contributed by atoms with van der Waals surface area (Å²) in [5.74, 6) is -0.673. The lowest BCUT2D eigenvalue weighted by Crippen LogP contribution is -2.21. The number of anilines is 2. The van der Waals surface area contributed by atoms with Crippen LogP contribution in [0.15, 0.2) is 79.1 Å². The first-order valence-electron chi connectivity index (χ1n) is 14.0. The number of nitriles is 1. The predicted molar refractivity (Wildman–Crippen MR) is 164 cm³/mol. The van der Waals surface area contributed by atoms with Crippen molar-refractivity contribution in [1.29, 1.82) is 5.26 Å². The highest BCUT2D eigenvalue weighted by molar-refractivity contribution is 7.90. The van der Waals surface area contributed by atoms with E-state index in [1.807, 2.05) is 30.3 Å². The maximum absolute atomic E-state index is 13.9. The number of benzene rings is 3. The van der Waals surface area contributed by atoms with Crippen molar-refractivity contribution in [2.24, 2.45) is 0 Å². The predicted octanol–water partition coefficient (Wildman–Crippen LogP) is 6.22. The Bertz CT molecular complexity index is 2000. The molecule has 43 heavy (non-hydrogen) atoms. The molecule has 1 fully saturated rings. The molecule has 1 saturated carbocycles. The van der Waals surface area contributed by atoms with E-state index in [-0.39, 0.29) is 22.4 Å². The van der Waals surface area contributed by atoms with Crippen LogP contribution in [0.3, 0.4) is 0 Å². The second-order valence-electron chi connectivity index (χ2n) is 10.5. The van der Waals surface area contributed by atoms with Crippen LogP contribution in [0.2, 0.25) is 5.02 Å². The zero-order valence-electron chi connectivity index (χ0n) is 24.0. The maximum atomic E-state index is 13.9. The molecule has 2 atom stereocenters. The van der Waals surface area contributed by atoms with Crippen molar-refractivity contribution in [2.45, 2.75) is 30.9 Å². The van der Waals surface area contributed by atoms with E-state index < -0.39 is 27.7 Å². The van der Waals surface area contributed by atoms with Crippen LogP contribution in [0.4, 0.5) is 15.8 Å². The Morgan fingerprint density at radius 2 is 1.88 bits per heavy atom. The fraction of sp³-hybridized carbons (Fsp3) is 0.226. The van der Waals surface area contributed by atoms with E-state index >= 15 is 0 Å². The molecule has 2 N–H and O–H groups in total. The first-order valence-corrected chi connectivity index (χ1v) is 16.0. The lowest BCUT2D eigenvalue weighted by Gasteiger charge is -2.23. The third kappa shape index (κ3) is 6.45. The van der Waals surface area contributed by atoms with Crippen molar-refractivity contribution >= 4 is 43.7 Å². The summed E-state index contributed by atoms with van der Waals surface area (Å²) in [5, 5.41) is 25.7. The molecule has 0 aliphatic heterocycles. The molecule has 12 heteroatoms. The number of nitrogens with one attached hydrogen (secondary N) is 2. The Labute approximate surface area is 254 Å². The van der Waals surface area contributed by atoms with E-state index in [2.05, 4.69) is 32.0 Å². The van der Waals surface area contributed by atoms with E-state index in [0.717, 1.165) is 19.1 Å². The van der Waals surface area contributed by atoms with Crippen LogP contribution in [-0.4, -0.2) is 40.4 Å². The second-order valence-corrected chi connectivity index (χ2v) is 13.1.